The van der Waals surface area contributed by atoms with E-state index in [0.717, 1.165) is 23.5 Å². The van der Waals surface area contributed by atoms with Crippen LogP contribution in [0.1, 0.15) is 5.56 Å². The topological polar surface area (TPSA) is 44.8 Å². The lowest BCUT2D eigenvalue weighted by atomic mass is 10.0. The first-order chi connectivity index (χ1) is 8.36. The van der Waals surface area contributed by atoms with Crippen LogP contribution < -0.4 is 0 Å². The lowest BCUT2D eigenvalue weighted by Crippen LogP contribution is -2.46. The highest BCUT2D eigenvalue weighted by Gasteiger charge is 2.26. The number of thioether (sulfide) groups is 1. The Labute approximate surface area is 105 Å². The summed E-state index contributed by atoms with van der Waals surface area (Å²) in [7, 11) is 0. The maximum absolute atomic E-state index is 4.33. The molecule has 0 aromatic carbocycles. The molecular weight excluding hydrogens is 232 g/mol. The van der Waals surface area contributed by atoms with Gasteiger partial charge in [-0.1, -0.05) is 0 Å². The molecular formula is C12H16N4S. The van der Waals surface area contributed by atoms with Crippen molar-refractivity contribution in [2.75, 3.05) is 25.1 Å². The summed E-state index contributed by atoms with van der Waals surface area (Å²) in [6, 6.07) is 0. The summed E-state index contributed by atoms with van der Waals surface area (Å²) in [4.78, 5) is 14.1. The number of rotatable bonds is 4. The second kappa shape index (κ2) is 4.66. The molecule has 0 aliphatic carbocycles. The van der Waals surface area contributed by atoms with Gasteiger partial charge in [0.05, 0.1) is 17.2 Å². The van der Waals surface area contributed by atoms with Gasteiger partial charge in [0.2, 0.25) is 0 Å². The highest BCUT2D eigenvalue weighted by Crippen LogP contribution is 2.23. The molecule has 2 aromatic heterocycles. The Morgan fingerprint density at radius 3 is 3.24 bits per heavy atom. The van der Waals surface area contributed by atoms with E-state index >= 15 is 0 Å². The highest BCUT2D eigenvalue weighted by molar-refractivity contribution is 7.98. The van der Waals surface area contributed by atoms with Crippen molar-refractivity contribution in [3.8, 4) is 0 Å². The van der Waals surface area contributed by atoms with Gasteiger partial charge in [-0.2, -0.15) is 11.8 Å². The largest absolute Gasteiger partial charge is 0.358 e. The molecule has 0 amide bonds. The van der Waals surface area contributed by atoms with E-state index < -0.39 is 0 Å². The molecule has 0 saturated carbocycles. The molecule has 1 aliphatic rings. The molecule has 0 spiro atoms. The first kappa shape index (κ1) is 11.0. The fourth-order valence-electron chi connectivity index (χ4n) is 2.43. The molecule has 5 heteroatoms. The predicted octanol–water partition coefficient (Wildman–Crippen LogP) is 1.75. The Balaban J connectivity index is 1.66. The molecule has 1 saturated heterocycles. The van der Waals surface area contributed by atoms with E-state index in [0.29, 0.717) is 0 Å². The first-order valence-electron chi connectivity index (χ1n) is 5.84. The lowest BCUT2D eigenvalue weighted by Gasteiger charge is -2.38. The number of aromatic amines is 1. The molecule has 0 bridgehead atoms. The van der Waals surface area contributed by atoms with Crippen LogP contribution in [0.2, 0.25) is 0 Å². The third-order valence-electron chi connectivity index (χ3n) is 3.25. The van der Waals surface area contributed by atoms with Crippen LogP contribution >= 0.6 is 11.8 Å². The Morgan fingerprint density at radius 2 is 2.41 bits per heavy atom. The molecule has 1 fully saturated rings. The van der Waals surface area contributed by atoms with Crippen LogP contribution in [-0.4, -0.2) is 44.9 Å². The van der Waals surface area contributed by atoms with Crippen molar-refractivity contribution in [2.45, 2.75) is 6.54 Å². The van der Waals surface area contributed by atoms with Crippen molar-refractivity contribution < 1.29 is 0 Å². The normalized spacial score (nSPS) is 17.5. The van der Waals surface area contributed by atoms with Gasteiger partial charge < -0.3 is 4.98 Å². The monoisotopic (exact) mass is 248 g/mol. The van der Waals surface area contributed by atoms with Gasteiger partial charge >= 0.3 is 0 Å². The average Bonchev–Trinajstić information content (AvgIpc) is 2.70. The summed E-state index contributed by atoms with van der Waals surface area (Å²) in [6.07, 6.45) is 7.69. The van der Waals surface area contributed by atoms with Crippen LogP contribution in [0, 0.1) is 5.92 Å². The predicted molar refractivity (Wildman–Crippen MR) is 71.0 cm³/mol. The third kappa shape index (κ3) is 2.17. The van der Waals surface area contributed by atoms with Gasteiger partial charge in [0.15, 0.2) is 0 Å². The van der Waals surface area contributed by atoms with E-state index in [4.69, 9.17) is 0 Å². The molecule has 17 heavy (non-hydrogen) atoms. The van der Waals surface area contributed by atoms with E-state index in [2.05, 4.69) is 32.3 Å². The molecule has 1 N–H and O–H groups in total. The van der Waals surface area contributed by atoms with Crippen molar-refractivity contribution >= 4 is 22.8 Å². The van der Waals surface area contributed by atoms with Gasteiger partial charge in [-0.25, -0.2) is 9.97 Å². The van der Waals surface area contributed by atoms with E-state index in [9.17, 15) is 0 Å². The summed E-state index contributed by atoms with van der Waals surface area (Å²) in [5, 5.41) is 0. The molecule has 2 aromatic rings. The minimum atomic E-state index is 0.879. The van der Waals surface area contributed by atoms with Crippen LogP contribution in [0.5, 0.6) is 0 Å². The quantitative estimate of drug-likeness (QED) is 0.895. The molecule has 3 heterocycles. The summed E-state index contributed by atoms with van der Waals surface area (Å²) < 4.78 is 0. The van der Waals surface area contributed by atoms with Crippen LogP contribution in [0.15, 0.2) is 18.7 Å². The second-order valence-electron chi connectivity index (χ2n) is 4.61. The Morgan fingerprint density at radius 1 is 1.53 bits per heavy atom. The van der Waals surface area contributed by atoms with Gasteiger partial charge in [-0.05, 0) is 17.9 Å². The smallest absolute Gasteiger partial charge is 0.116 e. The second-order valence-corrected chi connectivity index (χ2v) is 5.53. The average molecular weight is 248 g/mol. The number of aromatic nitrogens is 3. The summed E-state index contributed by atoms with van der Waals surface area (Å²) in [5.74, 6) is 2.16. The Kier molecular flexibility index (Phi) is 3.03. The Bertz CT molecular complexity index is 504. The summed E-state index contributed by atoms with van der Waals surface area (Å²) in [5.41, 5.74) is 3.38. The number of likely N-dealkylation sites (tertiary alicyclic amines) is 1. The van der Waals surface area contributed by atoms with Gasteiger partial charge in [0.25, 0.3) is 0 Å². The fraction of sp³-hybridized carbons (Fsp3) is 0.500. The van der Waals surface area contributed by atoms with E-state index in [1.54, 1.807) is 6.33 Å². The van der Waals surface area contributed by atoms with Crippen molar-refractivity contribution in [1.29, 1.82) is 0 Å². The molecule has 4 nitrogen and oxygen atoms in total. The van der Waals surface area contributed by atoms with Gasteiger partial charge in [-0.3, -0.25) is 4.90 Å². The maximum Gasteiger partial charge on any atom is 0.116 e. The van der Waals surface area contributed by atoms with Crippen LogP contribution in [0.3, 0.4) is 0 Å². The standard InChI is InChI=1S/C12H16N4S/c1-17-7-9-4-16(5-9)6-10-2-14-11-3-13-8-15-12(10)11/h2-3,8-9,14H,4-7H2,1H3. The summed E-state index contributed by atoms with van der Waals surface area (Å²) >= 11 is 1.94. The number of fused-ring (bicyclic) bond motifs is 1. The zero-order valence-electron chi connectivity index (χ0n) is 9.89. The number of nitrogens with one attached hydrogen (secondary N) is 1. The number of nitrogens with zero attached hydrogens (tertiary/aromatic N) is 3. The fourth-order valence-corrected chi connectivity index (χ4v) is 3.12. The third-order valence-corrected chi connectivity index (χ3v) is 4.05. The Hall–Kier alpha value is -1.07. The molecule has 0 radical (unpaired) electrons. The highest BCUT2D eigenvalue weighted by atomic mass is 32.2. The first-order valence-corrected chi connectivity index (χ1v) is 7.23. The molecule has 0 atom stereocenters. The minimum Gasteiger partial charge on any atom is -0.358 e. The van der Waals surface area contributed by atoms with E-state index in [1.807, 2.05) is 18.0 Å². The minimum absolute atomic E-state index is 0.879. The maximum atomic E-state index is 4.33. The van der Waals surface area contributed by atoms with E-state index in [-0.39, 0.29) is 0 Å². The van der Waals surface area contributed by atoms with Gasteiger partial charge in [0.1, 0.15) is 6.33 Å². The number of hydrogen-bond donors (Lipinski definition) is 1. The van der Waals surface area contributed by atoms with Gasteiger partial charge in [-0.15, -0.1) is 0 Å². The molecule has 3 rings (SSSR count). The van der Waals surface area contributed by atoms with Crippen molar-refractivity contribution in [3.05, 3.63) is 24.3 Å². The van der Waals surface area contributed by atoms with Crippen LogP contribution in [0.4, 0.5) is 0 Å². The SMILES string of the molecule is CSCC1CN(Cc2c[nH]c3cncnc23)C1. The molecule has 1 aliphatic heterocycles. The molecule has 90 valence electrons. The van der Waals surface area contributed by atoms with Crippen molar-refractivity contribution in [3.63, 3.8) is 0 Å². The zero-order valence-corrected chi connectivity index (χ0v) is 10.7. The van der Waals surface area contributed by atoms with Gasteiger partial charge in [0, 0.05) is 31.4 Å². The number of H-pyrrole nitrogens is 1. The van der Waals surface area contributed by atoms with Crippen LogP contribution in [0.25, 0.3) is 11.0 Å². The molecule has 0 unspecified atom stereocenters. The van der Waals surface area contributed by atoms with Crippen molar-refractivity contribution in [2.24, 2.45) is 5.92 Å². The summed E-state index contributed by atoms with van der Waals surface area (Å²) in [6.45, 7) is 3.44. The van der Waals surface area contributed by atoms with Crippen LogP contribution in [-0.2, 0) is 6.54 Å². The lowest BCUT2D eigenvalue weighted by molar-refractivity contribution is 0.108. The van der Waals surface area contributed by atoms with E-state index in [1.165, 1.54) is 24.4 Å². The zero-order chi connectivity index (χ0) is 11.7. The number of hydrogen-bond acceptors (Lipinski definition) is 4. The van der Waals surface area contributed by atoms with Crippen molar-refractivity contribution in [1.82, 2.24) is 19.9 Å².